The molecule has 8 nitrogen and oxygen atoms in total. The van der Waals surface area contributed by atoms with E-state index in [-0.39, 0.29) is 42.4 Å². The SMILES string of the molecule is C[C@H]1CCC(c2ccccc2)S(=O)(=O)N1Cc1cc(F)c([C@]2(c3n[nH]c(=O)o3)C[C@](C)(N)C2)cc1F. The predicted molar refractivity (Wildman–Crippen MR) is 128 cm³/mol. The average Bonchev–Trinajstić information content (AvgIpc) is 3.23. The second-order valence-corrected chi connectivity index (χ2v) is 12.4. The lowest BCUT2D eigenvalue weighted by molar-refractivity contribution is 0.121. The number of sulfonamides is 1. The molecule has 2 atom stereocenters. The maximum absolute atomic E-state index is 15.5. The minimum absolute atomic E-state index is 0.0290. The lowest BCUT2D eigenvalue weighted by Crippen LogP contribution is -2.59. The summed E-state index contributed by atoms with van der Waals surface area (Å²) in [5.74, 6) is -2.35. The lowest BCUT2D eigenvalue weighted by atomic mass is 9.55. The van der Waals surface area contributed by atoms with Crippen LogP contribution in [0.4, 0.5) is 8.78 Å². The number of hydrogen-bond donors (Lipinski definition) is 2. The molecule has 0 amide bonds. The van der Waals surface area contributed by atoms with Gasteiger partial charge in [0, 0.05) is 29.3 Å². The van der Waals surface area contributed by atoms with E-state index >= 15 is 8.78 Å². The minimum Gasteiger partial charge on any atom is -0.391 e. The zero-order chi connectivity index (χ0) is 25.9. The van der Waals surface area contributed by atoms with Gasteiger partial charge in [-0.15, -0.1) is 5.10 Å². The highest BCUT2D eigenvalue weighted by atomic mass is 32.2. The first-order valence-electron chi connectivity index (χ1n) is 11.8. The van der Waals surface area contributed by atoms with Crippen molar-refractivity contribution in [2.45, 2.75) is 68.3 Å². The third-order valence-corrected chi connectivity index (χ3v) is 9.80. The number of nitrogens with one attached hydrogen (secondary N) is 1. The molecule has 1 aliphatic heterocycles. The van der Waals surface area contributed by atoms with Gasteiger partial charge in [-0.05, 0) is 57.2 Å². The normalized spacial score (nSPS) is 30.1. The van der Waals surface area contributed by atoms with E-state index in [0.717, 1.165) is 12.1 Å². The molecule has 1 unspecified atom stereocenters. The van der Waals surface area contributed by atoms with Gasteiger partial charge in [-0.25, -0.2) is 27.1 Å². The van der Waals surface area contributed by atoms with E-state index in [1.54, 1.807) is 38.1 Å². The molecule has 2 heterocycles. The molecule has 2 fully saturated rings. The number of halogens is 2. The molecule has 2 aromatic carbocycles. The van der Waals surface area contributed by atoms with Crippen molar-refractivity contribution in [3.05, 3.63) is 87.2 Å². The average molecular weight is 519 g/mol. The zero-order valence-electron chi connectivity index (χ0n) is 20.0. The zero-order valence-corrected chi connectivity index (χ0v) is 20.8. The van der Waals surface area contributed by atoms with Gasteiger partial charge in [0.2, 0.25) is 15.9 Å². The molecule has 0 spiro atoms. The Balaban J connectivity index is 1.49. The van der Waals surface area contributed by atoms with E-state index in [2.05, 4.69) is 10.2 Å². The quantitative estimate of drug-likeness (QED) is 0.533. The van der Waals surface area contributed by atoms with Crippen LogP contribution < -0.4 is 11.5 Å². The Bertz CT molecular complexity index is 1440. The molecular formula is C25H28F2N4O4S. The summed E-state index contributed by atoms with van der Waals surface area (Å²) in [5.41, 5.74) is 4.87. The fourth-order valence-corrected chi connectivity index (χ4v) is 8.00. The van der Waals surface area contributed by atoms with Gasteiger partial charge in [-0.2, -0.15) is 4.31 Å². The summed E-state index contributed by atoms with van der Waals surface area (Å²) in [6, 6.07) is 10.6. The van der Waals surface area contributed by atoms with Crippen LogP contribution in [0.25, 0.3) is 0 Å². The van der Waals surface area contributed by atoms with Crippen LogP contribution in [0.3, 0.4) is 0 Å². The van der Waals surface area contributed by atoms with Crippen LogP contribution in [0.5, 0.6) is 0 Å². The second kappa shape index (κ2) is 8.60. The molecule has 1 aromatic heterocycles. The molecule has 0 radical (unpaired) electrons. The number of nitrogens with zero attached hydrogens (tertiary/aromatic N) is 2. The molecule has 5 rings (SSSR count). The van der Waals surface area contributed by atoms with Gasteiger partial charge in [0.15, 0.2) is 0 Å². The van der Waals surface area contributed by atoms with Crippen molar-refractivity contribution in [3.8, 4) is 0 Å². The fourth-order valence-electron chi connectivity index (χ4n) is 5.81. The molecule has 3 aromatic rings. The summed E-state index contributed by atoms with van der Waals surface area (Å²) in [6.07, 6.45) is 1.44. The fraction of sp³-hybridized carbons (Fsp3) is 0.440. The first kappa shape index (κ1) is 24.8. The van der Waals surface area contributed by atoms with Crippen molar-refractivity contribution in [2.75, 3.05) is 0 Å². The molecule has 1 saturated carbocycles. The summed E-state index contributed by atoms with van der Waals surface area (Å²) in [7, 11) is -3.82. The third-order valence-electron chi connectivity index (χ3n) is 7.43. The van der Waals surface area contributed by atoms with Crippen molar-refractivity contribution in [3.63, 3.8) is 0 Å². The molecule has 0 bridgehead atoms. The van der Waals surface area contributed by atoms with E-state index in [1.807, 2.05) is 6.07 Å². The van der Waals surface area contributed by atoms with Crippen molar-refractivity contribution < 1.29 is 21.6 Å². The van der Waals surface area contributed by atoms with Crippen LogP contribution in [-0.2, 0) is 22.0 Å². The summed E-state index contributed by atoms with van der Waals surface area (Å²) < 4.78 is 64.4. The highest BCUT2D eigenvalue weighted by Crippen LogP contribution is 2.53. The molecule has 2 aliphatic rings. The standard InChI is InChI=1S/C25H28F2N4O4S/c1-15-8-9-21(16-6-4-3-5-7-16)36(33,34)31(15)12-17-10-20(27)18(11-19(17)26)25(13-24(2,28)14-25)22-29-30-23(32)35-22/h3-7,10-11,15,21H,8-9,12-14,28H2,1-2H3,(H,30,32)/t15-,21?,24-,25-/m0/s1. The first-order valence-corrected chi connectivity index (χ1v) is 13.3. The van der Waals surface area contributed by atoms with E-state index in [1.165, 1.54) is 4.31 Å². The van der Waals surface area contributed by atoms with Gasteiger partial charge in [0.1, 0.15) is 16.9 Å². The van der Waals surface area contributed by atoms with Crippen LogP contribution in [0.15, 0.2) is 51.7 Å². The van der Waals surface area contributed by atoms with Gasteiger partial charge >= 0.3 is 5.76 Å². The topological polar surface area (TPSA) is 122 Å². The minimum atomic E-state index is -3.82. The Morgan fingerprint density at radius 3 is 2.47 bits per heavy atom. The van der Waals surface area contributed by atoms with Gasteiger partial charge < -0.3 is 10.2 Å². The Hall–Kier alpha value is -2.89. The van der Waals surface area contributed by atoms with Crippen molar-refractivity contribution in [1.29, 1.82) is 0 Å². The van der Waals surface area contributed by atoms with E-state index in [9.17, 15) is 13.2 Å². The number of aromatic amines is 1. The van der Waals surface area contributed by atoms with Gasteiger partial charge in [-0.3, -0.25) is 0 Å². The Morgan fingerprint density at radius 1 is 1.17 bits per heavy atom. The van der Waals surface area contributed by atoms with Crippen LogP contribution in [0.1, 0.15) is 67.4 Å². The molecular weight excluding hydrogens is 490 g/mol. The molecule has 192 valence electrons. The molecule has 11 heteroatoms. The number of rotatable bonds is 5. The smallest absolute Gasteiger partial charge is 0.391 e. The second-order valence-electron chi connectivity index (χ2n) is 10.3. The number of nitrogens with two attached hydrogens (primary N) is 1. The summed E-state index contributed by atoms with van der Waals surface area (Å²) in [5, 5.41) is 5.29. The highest BCUT2D eigenvalue weighted by molar-refractivity contribution is 7.89. The summed E-state index contributed by atoms with van der Waals surface area (Å²) >= 11 is 0. The van der Waals surface area contributed by atoms with E-state index in [0.29, 0.717) is 18.4 Å². The van der Waals surface area contributed by atoms with Crippen molar-refractivity contribution in [1.82, 2.24) is 14.5 Å². The largest absolute Gasteiger partial charge is 0.434 e. The van der Waals surface area contributed by atoms with Crippen molar-refractivity contribution in [2.24, 2.45) is 5.73 Å². The Labute approximate surface area is 207 Å². The third kappa shape index (κ3) is 4.08. The summed E-state index contributed by atoms with van der Waals surface area (Å²) in [4.78, 5) is 11.6. The first-order chi connectivity index (χ1) is 16.9. The van der Waals surface area contributed by atoms with Gasteiger partial charge in [0.05, 0.1) is 5.41 Å². The Kier molecular flexibility index (Phi) is 5.92. The maximum atomic E-state index is 15.5. The Morgan fingerprint density at radius 2 is 1.86 bits per heavy atom. The molecule has 36 heavy (non-hydrogen) atoms. The van der Waals surface area contributed by atoms with Crippen LogP contribution in [0, 0.1) is 11.6 Å². The van der Waals surface area contributed by atoms with E-state index in [4.69, 9.17) is 10.2 Å². The van der Waals surface area contributed by atoms with Crippen LogP contribution >= 0.6 is 0 Å². The number of aromatic nitrogens is 2. The van der Waals surface area contributed by atoms with Crippen molar-refractivity contribution >= 4 is 10.0 Å². The molecule has 1 saturated heterocycles. The number of H-pyrrole nitrogens is 1. The molecule has 3 N–H and O–H groups in total. The van der Waals surface area contributed by atoms with Gasteiger partial charge in [-0.1, -0.05) is 30.3 Å². The molecule has 1 aliphatic carbocycles. The highest BCUT2D eigenvalue weighted by Gasteiger charge is 2.56. The lowest BCUT2D eigenvalue weighted by Gasteiger charge is -2.51. The maximum Gasteiger partial charge on any atom is 0.434 e. The predicted octanol–water partition coefficient (Wildman–Crippen LogP) is 3.49. The number of benzene rings is 2. The number of hydrogen-bond acceptors (Lipinski definition) is 6. The summed E-state index contributed by atoms with van der Waals surface area (Å²) in [6.45, 7) is 3.24. The monoisotopic (exact) mass is 518 g/mol. The van der Waals surface area contributed by atoms with Crippen LogP contribution in [0.2, 0.25) is 0 Å². The van der Waals surface area contributed by atoms with Crippen LogP contribution in [-0.4, -0.2) is 34.5 Å². The van der Waals surface area contributed by atoms with Gasteiger partial charge in [0.25, 0.3) is 0 Å². The van der Waals surface area contributed by atoms with E-state index < -0.39 is 43.6 Å².